The third-order valence-corrected chi connectivity index (χ3v) is 15.4. The standard InChI is InChI=1S/C70H119NO13/c1-3-5-7-9-11-13-15-17-19-21-23-25-27-29-31-33-35-37-39-41-43-45-47-49-51-53-59(74)58(57-81-69-67(80)65(78)68(61(56-73)83-69)84-70-66(79)64(77)63(76)60(55-72)82-70)71-62(75)54-52-50-48-46-44-42-40-38-36-34-32-30-28-26-24-22-20-18-16-14-12-10-8-6-4-2/h6,8,12,14,18,20,24,26,30,32,36,38,42-45,51,53,58-61,63-70,72-74,76-80H,3-5,7,9-11,13,15-17,19,21-23,25,27-29,31,33-35,37,39-41,46-50,52,54-57H2,1-2H3,(H,71,75)/b8-6-,14-12-,20-18-,26-24-,32-30-,38-36-,44-42-,45-43+,53-51+. The van der Waals surface area contributed by atoms with E-state index in [0.717, 1.165) is 77.0 Å². The SMILES string of the molecule is CC/C=C\C/C=C\C/C=C\C/C=C\C/C=C\C/C=C\C/C=C\CCCCCC(=O)NC(COC1OC(CO)C(OC2OC(CO)C(O)C(O)C2O)C(O)C1O)C(O)/C=C/CC/C=C/CCCCCCCCCCCCCCCCCCCCC. The van der Waals surface area contributed by atoms with E-state index in [4.69, 9.17) is 18.9 Å². The molecule has 0 aromatic heterocycles. The number of ether oxygens (including phenoxy) is 4. The molecule has 0 aliphatic carbocycles. The molecule has 0 radical (unpaired) electrons. The molecule has 12 unspecified atom stereocenters. The van der Waals surface area contributed by atoms with Crippen LogP contribution < -0.4 is 5.32 Å². The Balaban J connectivity index is 1.76. The zero-order chi connectivity index (χ0) is 60.9. The van der Waals surface area contributed by atoms with Crippen LogP contribution in [0.4, 0.5) is 0 Å². The second-order valence-corrected chi connectivity index (χ2v) is 22.9. The first kappa shape index (κ1) is 76.7. The van der Waals surface area contributed by atoms with Gasteiger partial charge in [0.1, 0.15) is 48.8 Å². The van der Waals surface area contributed by atoms with Gasteiger partial charge in [-0.1, -0.05) is 245 Å². The van der Waals surface area contributed by atoms with E-state index in [1.807, 2.05) is 6.08 Å². The number of carbonyl (C=O) groups excluding carboxylic acids is 1. The van der Waals surface area contributed by atoms with Crippen LogP contribution in [-0.4, -0.2) is 140 Å². The molecule has 2 fully saturated rings. The lowest BCUT2D eigenvalue weighted by atomic mass is 9.97. The Kier molecular flexibility index (Phi) is 49.2. The van der Waals surface area contributed by atoms with E-state index in [1.165, 1.54) is 122 Å². The topological polar surface area (TPSA) is 228 Å². The number of unbranched alkanes of at least 4 members (excludes halogenated alkanes) is 23. The molecular formula is C70H119NO13. The molecule has 1 amide bonds. The number of aliphatic hydroxyl groups excluding tert-OH is 8. The lowest BCUT2D eigenvalue weighted by Crippen LogP contribution is -2.65. The first-order chi connectivity index (χ1) is 41.1. The molecule has 14 heteroatoms. The van der Waals surface area contributed by atoms with Crippen molar-refractivity contribution in [1.29, 1.82) is 0 Å². The summed E-state index contributed by atoms with van der Waals surface area (Å²) < 4.78 is 22.8. The van der Waals surface area contributed by atoms with Gasteiger partial charge < -0.3 is 65.1 Å². The molecule has 0 aromatic carbocycles. The molecule has 2 saturated heterocycles. The Hall–Kier alpha value is -3.35. The Morgan fingerprint density at radius 3 is 1.31 bits per heavy atom. The van der Waals surface area contributed by atoms with Gasteiger partial charge in [0.05, 0.1) is 32.0 Å². The minimum absolute atomic E-state index is 0.227. The molecule has 2 heterocycles. The number of nitrogens with one attached hydrogen (secondary N) is 1. The lowest BCUT2D eigenvalue weighted by molar-refractivity contribution is -0.359. The second kappa shape index (κ2) is 53.9. The molecule has 0 saturated carbocycles. The van der Waals surface area contributed by atoms with E-state index >= 15 is 0 Å². The zero-order valence-corrected chi connectivity index (χ0v) is 52.1. The van der Waals surface area contributed by atoms with Crippen LogP contribution in [0.3, 0.4) is 0 Å². The molecule has 14 nitrogen and oxygen atoms in total. The van der Waals surface area contributed by atoms with Gasteiger partial charge >= 0.3 is 0 Å². The second-order valence-electron chi connectivity index (χ2n) is 22.9. The summed E-state index contributed by atoms with van der Waals surface area (Å²) in [5.74, 6) is -0.284. The van der Waals surface area contributed by atoms with Gasteiger partial charge in [0.15, 0.2) is 12.6 Å². The zero-order valence-electron chi connectivity index (χ0n) is 52.1. The number of carbonyl (C=O) groups is 1. The largest absolute Gasteiger partial charge is 0.394 e. The highest BCUT2D eigenvalue weighted by atomic mass is 16.7. The van der Waals surface area contributed by atoms with Gasteiger partial charge in [-0.25, -0.2) is 0 Å². The van der Waals surface area contributed by atoms with E-state index in [0.29, 0.717) is 12.8 Å². The predicted molar refractivity (Wildman–Crippen MR) is 341 cm³/mol. The highest BCUT2D eigenvalue weighted by Gasteiger charge is 2.51. The first-order valence-corrected chi connectivity index (χ1v) is 33.1. The van der Waals surface area contributed by atoms with Gasteiger partial charge in [-0.05, 0) is 89.9 Å². The Bertz CT molecular complexity index is 1820. The highest BCUT2D eigenvalue weighted by Crippen LogP contribution is 2.30. The summed E-state index contributed by atoms with van der Waals surface area (Å²) in [4.78, 5) is 13.3. The molecule has 12 atom stereocenters. The van der Waals surface area contributed by atoms with Crippen molar-refractivity contribution in [2.24, 2.45) is 0 Å². The van der Waals surface area contributed by atoms with Crippen LogP contribution in [0.15, 0.2) is 109 Å². The fraction of sp³-hybridized carbons (Fsp3) is 0.729. The molecule has 84 heavy (non-hydrogen) atoms. The number of amides is 1. The molecule has 2 aliphatic rings. The molecular weight excluding hydrogens is 1060 g/mol. The smallest absolute Gasteiger partial charge is 0.220 e. The van der Waals surface area contributed by atoms with Crippen LogP contribution in [0.1, 0.15) is 232 Å². The highest BCUT2D eigenvalue weighted by molar-refractivity contribution is 5.76. The van der Waals surface area contributed by atoms with Crippen LogP contribution in [0.25, 0.3) is 0 Å². The van der Waals surface area contributed by atoms with Crippen LogP contribution in [0.2, 0.25) is 0 Å². The van der Waals surface area contributed by atoms with E-state index < -0.39 is 86.8 Å². The number of hydrogen-bond donors (Lipinski definition) is 9. The Labute approximate surface area is 508 Å². The number of allylic oxidation sites excluding steroid dienone is 17. The molecule has 0 spiro atoms. The van der Waals surface area contributed by atoms with Gasteiger partial charge in [0, 0.05) is 6.42 Å². The summed E-state index contributed by atoms with van der Waals surface area (Å²) in [6.07, 6.45) is 59.9. The molecule has 0 aromatic rings. The Morgan fingerprint density at radius 2 is 0.833 bits per heavy atom. The van der Waals surface area contributed by atoms with Crippen LogP contribution >= 0.6 is 0 Å². The quantitative estimate of drug-likeness (QED) is 0.0204. The molecule has 2 rings (SSSR count). The van der Waals surface area contributed by atoms with E-state index in [2.05, 4.69) is 116 Å². The van der Waals surface area contributed by atoms with E-state index in [9.17, 15) is 45.6 Å². The van der Waals surface area contributed by atoms with Gasteiger partial charge in [0.25, 0.3) is 0 Å². The molecule has 2 aliphatic heterocycles. The van der Waals surface area contributed by atoms with Crippen LogP contribution in [0, 0.1) is 0 Å². The summed E-state index contributed by atoms with van der Waals surface area (Å²) in [6.45, 7) is 2.65. The van der Waals surface area contributed by atoms with Crippen molar-refractivity contribution in [3.05, 3.63) is 109 Å². The predicted octanol–water partition coefficient (Wildman–Crippen LogP) is 12.8. The summed E-state index contributed by atoms with van der Waals surface area (Å²) in [6, 6.07) is -0.959. The molecule has 9 N–H and O–H groups in total. The molecule has 0 bridgehead atoms. The van der Waals surface area contributed by atoms with Crippen molar-refractivity contribution in [1.82, 2.24) is 5.32 Å². The van der Waals surface area contributed by atoms with Crippen molar-refractivity contribution in [3.63, 3.8) is 0 Å². The summed E-state index contributed by atoms with van der Waals surface area (Å²) in [7, 11) is 0. The first-order valence-electron chi connectivity index (χ1n) is 33.1. The van der Waals surface area contributed by atoms with Crippen molar-refractivity contribution in [2.45, 2.75) is 306 Å². The minimum atomic E-state index is -1.80. The van der Waals surface area contributed by atoms with Crippen LogP contribution in [0.5, 0.6) is 0 Å². The monoisotopic (exact) mass is 1180 g/mol. The van der Waals surface area contributed by atoms with Gasteiger partial charge in [0.2, 0.25) is 5.91 Å². The minimum Gasteiger partial charge on any atom is -0.394 e. The van der Waals surface area contributed by atoms with Gasteiger partial charge in [-0.3, -0.25) is 4.79 Å². The number of hydrogen-bond acceptors (Lipinski definition) is 13. The van der Waals surface area contributed by atoms with Gasteiger partial charge in [-0.2, -0.15) is 0 Å². The van der Waals surface area contributed by atoms with Gasteiger partial charge in [-0.15, -0.1) is 0 Å². The summed E-state index contributed by atoms with van der Waals surface area (Å²) >= 11 is 0. The number of rotatable bonds is 52. The van der Waals surface area contributed by atoms with Crippen molar-refractivity contribution >= 4 is 5.91 Å². The third-order valence-electron chi connectivity index (χ3n) is 15.4. The normalized spacial score (nSPS) is 24.4. The fourth-order valence-corrected chi connectivity index (χ4v) is 10.2. The maximum atomic E-state index is 13.3. The van der Waals surface area contributed by atoms with Crippen molar-refractivity contribution in [2.75, 3.05) is 19.8 Å². The number of aliphatic hydroxyl groups is 8. The van der Waals surface area contributed by atoms with E-state index in [1.54, 1.807) is 6.08 Å². The van der Waals surface area contributed by atoms with E-state index in [-0.39, 0.29) is 18.9 Å². The summed E-state index contributed by atoms with van der Waals surface area (Å²) in [5.41, 5.74) is 0. The maximum Gasteiger partial charge on any atom is 0.220 e. The fourth-order valence-electron chi connectivity index (χ4n) is 10.2. The van der Waals surface area contributed by atoms with Crippen molar-refractivity contribution in [3.8, 4) is 0 Å². The maximum absolute atomic E-state index is 13.3. The van der Waals surface area contributed by atoms with Crippen LogP contribution in [-0.2, 0) is 23.7 Å². The lowest BCUT2D eigenvalue weighted by Gasteiger charge is -2.46. The third kappa shape index (κ3) is 38.0. The average molecular weight is 1180 g/mol. The average Bonchev–Trinajstić information content (AvgIpc) is 3.18. The molecule has 482 valence electrons. The summed E-state index contributed by atoms with van der Waals surface area (Å²) in [5, 5.41) is 87.3. The Morgan fingerprint density at radius 1 is 0.440 bits per heavy atom. The van der Waals surface area contributed by atoms with Crippen molar-refractivity contribution < 1.29 is 64.6 Å².